The molecule has 3 aromatic rings. The largest absolute Gasteiger partial charge is 0.497 e. The van der Waals surface area contributed by atoms with E-state index >= 15 is 0 Å². The average Bonchev–Trinajstić information content (AvgIpc) is 3.02. The van der Waals surface area contributed by atoms with Crippen molar-refractivity contribution in [2.45, 2.75) is 13.5 Å². The van der Waals surface area contributed by atoms with Crippen LogP contribution in [0.15, 0.2) is 57.8 Å². The second kappa shape index (κ2) is 7.57. The van der Waals surface area contributed by atoms with E-state index in [2.05, 4.69) is 10.6 Å². The smallest absolute Gasteiger partial charge is 0.432 e. The number of methoxy groups -OCH3 is 1. The molecule has 130 valence electrons. The van der Waals surface area contributed by atoms with Crippen LogP contribution in [-0.2, 0) is 6.54 Å². The Labute approximate surface area is 144 Å². The van der Waals surface area contributed by atoms with Crippen molar-refractivity contribution in [3.05, 3.63) is 64.6 Å². The number of nitrogens with one attached hydrogen (secondary N) is 2. The number of hydrogen-bond donors (Lipinski definition) is 2. The summed E-state index contributed by atoms with van der Waals surface area (Å²) >= 11 is 0. The van der Waals surface area contributed by atoms with Crippen molar-refractivity contribution >= 4 is 5.69 Å². The summed E-state index contributed by atoms with van der Waals surface area (Å²) in [6.45, 7) is 2.88. The van der Waals surface area contributed by atoms with Gasteiger partial charge >= 0.3 is 11.3 Å². The van der Waals surface area contributed by atoms with Crippen molar-refractivity contribution in [3.63, 3.8) is 0 Å². The molecule has 3 rings (SSSR count). The number of ether oxygens (including phenoxy) is 2. The van der Waals surface area contributed by atoms with Crippen LogP contribution in [0.4, 0.5) is 5.69 Å². The van der Waals surface area contributed by atoms with Gasteiger partial charge in [-0.25, -0.2) is 4.79 Å². The zero-order chi connectivity index (χ0) is 17.6. The lowest BCUT2D eigenvalue weighted by atomic mass is 10.3. The highest BCUT2D eigenvalue weighted by atomic mass is 16.5. The van der Waals surface area contributed by atoms with Crippen molar-refractivity contribution in [3.8, 4) is 17.2 Å². The van der Waals surface area contributed by atoms with Crippen molar-refractivity contribution in [2.75, 3.05) is 19.0 Å². The van der Waals surface area contributed by atoms with Crippen molar-refractivity contribution in [1.29, 1.82) is 0 Å². The molecule has 0 aliphatic rings. The highest BCUT2D eigenvalue weighted by Crippen LogP contribution is 2.16. The molecule has 0 spiro atoms. The molecule has 0 fully saturated rings. The van der Waals surface area contributed by atoms with Crippen LogP contribution in [-0.4, -0.2) is 19.0 Å². The molecule has 0 aliphatic heterocycles. The zero-order valence-corrected chi connectivity index (χ0v) is 14.1. The molecule has 0 unspecified atom stereocenters. The molecule has 1 heterocycles. The lowest BCUT2D eigenvalue weighted by Gasteiger charge is -2.05. The Balaban J connectivity index is 1.76. The maximum absolute atomic E-state index is 12.0. The summed E-state index contributed by atoms with van der Waals surface area (Å²) in [5.41, 5.74) is 1.69. The first-order chi connectivity index (χ1) is 12.2. The third kappa shape index (κ3) is 3.82. The van der Waals surface area contributed by atoms with Gasteiger partial charge in [-0.05, 0) is 53.3 Å². The van der Waals surface area contributed by atoms with Crippen molar-refractivity contribution < 1.29 is 18.7 Å². The van der Waals surface area contributed by atoms with E-state index < -0.39 is 5.63 Å². The molecule has 7 heteroatoms. The summed E-state index contributed by atoms with van der Waals surface area (Å²) in [7, 11) is 1.61. The van der Waals surface area contributed by atoms with E-state index in [1.165, 1.54) is 0 Å². The maximum Gasteiger partial charge on any atom is 0.432 e. The van der Waals surface area contributed by atoms with E-state index in [0.29, 0.717) is 18.8 Å². The SMILES string of the molecule is CCOc1ccc(NCc2c(=O)o[nH][n+]2-c2ccc(OC)cc2)cc1. The fourth-order valence-corrected chi connectivity index (χ4v) is 2.40. The lowest BCUT2D eigenvalue weighted by Crippen LogP contribution is -2.39. The predicted octanol–water partition coefficient (Wildman–Crippen LogP) is 2.26. The Morgan fingerprint density at radius 3 is 2.40 bits per heavy atom. The number of rotatable bonds is 7. The lowest BCUT2D eigenvalue weighted by molar-refractivity contribution is -0.677. The van der Waals surface area contributed by atoms with Crippen LogP contribution < -0.4 is 25.1 Å². The Hall–Kier alpha value is -3.22. The van der Waals surface area contributed by atoms with Gasteiger partial charge in [0.1, 0.15) is 18.0 Å². The van der Waals surface area contributed by atoms with E-state index in [-0.39, 0.29) is 0 Å². The third-order valence-electron chi connectivity index (χ3n) is 3.69. The van der Waals surface area contributed by atoms with Crippen LogP contribution in [0.5, 0.6) is 11.5 Å². The van der Waals surface area contributed by atoms with Gasteiger partial charge in [0.2, 0.25) is 5.69 Å². The molecule has 7 nitrogen and oxygen atoms in total. The number of hydrogen-bond acceptors (Lipinski definition) is 5. The second-order valence-corrected chi connectivity index (χ2v) is 5.27. The molecule has 0 aliphatic carbocycles. The molecule has 0 saturated carbocycles. The van der Waals surface area contributed by atoms with Crippen LogP contribution in [0, 0.1) is 0 Å². The van der Waals surface area contributed by atoms with Crippen LogP contribution in [0.1, 0.15) is 12.6 Å². The van der Waals surface area contributed by atoms with Crippen molar-refractivity contribution in [1.82, 2.24) is 5.27 Å². The Bertz CT molecular complexity index is 867. The number of aromatic nitrogens is 2. The molecule has 2 aromatic carbocycles. The van der Waals surface area contributed by atoms with E-state index in [1.54, 1.807) is 11.8 Å². The molecule has 0 radical (unpaired) electrons. The van der Waals surface area contributed by atoms with Crippen LogP contribution >= 0.6 is 0 Å². The first-order valence-electron chi connectivity index (χ1n) is 7.95. The minimum absolute atomic E-state index is 0.311. The molecule has 0 bridgehead atoms. The summed E-state index contributed by atoms with van der Waals surface area (Å²) in [6.07, 6.45) is 0. The Kier molecular flexibility index (Phi) is 5.03. The molecule has 0 amide bonds. The highest BCUT2D eigenvalue weighted by Gasteiger charge is 2.22. The van der Waals surface area contributed by atoms with Gasteiger partial charge in [-0.2, -0.15) is 0 Å². The minimum Gasteiger partial charge on any atom is -0.497 e. The fraction of sp³-hybridized carbons (Fsp3) is 0.222. The second-order valence-electron chi connectivity index (χ2n) is 5.27. The van der Waals surface area contributed by atoms with E-state index in [1.807, 2.05) is 55.5 Å². The average molecular weight is 342 g/mol. The molecule has 25 heavy (non-hydrogen) atoms. The first-order valence-corrected chi connectivity index (χ1v) is 7.95. The molecule has 2 N–H and O–H groups in total. The number of anilines is 1. The fourth-order valence-electron chi connectivity index (χ4n) is 2.40. The molecular weight excluding hydrogens is 322 g/mol. The third-order valence-corrected chi connectivity index (χ3v) is 3.69. The van der Waals surface area contributed by atoms with E-state index in [9.17, 15) is 4.79 Å². The monoisotopic (exact) mass is 342 g/mol. The van der Waals surface area contributed by atoms with Gasteiger partial charge in [-0.3, -0.25) is 4.52 Å². The van der Waals surface area contributed by atoms with Gasteiger partial charge in [-0.15, -0.1) is 0 Å². The molecule has 1 aromatic heterocycles. The summed E-state index contributed by atoms with van der Waals surface area (Å²) in [6, 6.07) is 14.9. The van der Waals surface area contributed by atoms with Gasteiger partial charge in [0.25, 0.3) is 0 Å². The number of H-pyrrole nitrogens is 1. The Morgan fingerprint density at radius 1 is 1.08 bits per heavy atom. The quantitative estimate of drug-likeness (QED) is 0.644. The number of benzene rings is 2. The topological polar surface area (TPSA) is 80.4 Å². The molecule has 0 saturated heterocycles. The highest BCUT2D eigenvalue weighted by molar-refractivity contribution is 5.46. The Morgan fingerprint density at radius 2 is 1.76 bits per heavy atom. The standard InChI is InChI=1S/C18H19N3O4/c1-3-24-16-8-4-13(5-9-16)19-12-17-18(22)25-20-21(17)14-6-10-15(23-2)11-7-14/h4-11,19H,3,12H2,1-2H3/p+1. The normalized spacial score (nSPS) is 10.5. The van der Waals surface area contributed by atoms with Gasteiger partial charge in [-0.1, -0.05) is 0 Å². The number of nitrogens with zero attached hydrogens (tertiary/aromatic N) is 1. The van der Waals surface area contributed by atoms with E-state index in [0.717, 1.165) is 22.9 Å². The minimum atomic E-state index is -0.422. The summed E-state index contributed by atoms with van der Waals surface area (Å²) in [5.74, 6) is 1.55. The van der Waals surface area contributed by atoms with Crippen LogP contribution in [0.25, 0.3) is 5.69 Å². The predicted molar refractivity (Wildman–Crippen MR) is 92.4 cm³/mol. The van der Waals surface area contributed by atoms with Gasteiger partial charge < -0.3 is 14.8 Å². The summed E-state index contributed by atoms with van der Waals surface area (Å²) in [5, 5.41) is 5.83. The molecule has 0 atom stereocenters. The summed E-state index contributed by atoms with van der Waals surface area (Å²) < 4.78 is 17.1. The van der Waals surface area contributed by atoms with E-state index in [4.69, 9.17) is 14.0 Å². The van der Waals surface area contributed by atoms with Crippen LogP contribution in [0.2, 0.25) is 0 Å². The van der Waals surface area contributed by atoms with Gasteiger partial charge in [0.15, 0.2) is 0 Å². The van der Waals surface area contributed by atoms with Crippen LogP contribution in [0.3, 0.4) is 0 Å². The maximum atomic E-state index is 12.0. The number of aromatic amines is 1. The van der Waals surface area contributed by atoms with Crippen molar-refractivity contribution in [2.24, 2.45) is 0 Å². The first kappa shape index (κ1) is 16.6. The molecular formula is C18H20N3O4+. The summed E-state index contributed by atoms with van der Waals surface area (Å²) in [4.78, 5) is 12.0. The van der Waals surface area contributed by atoms with Gasteiger partial charge in [0, 0.05) is 17.8 Å². The zero-order valence-electron chi connectivity index (χ0n) is 14.1. The van der Waals surface area contributed by atoms with Gasteiger partial charge in [0.05, 0.1) is 13.7 Å².